The molecule has 0 amide bonds. The van der Waals surface area contributed by atoms with Crippen molar-refractivity contribution < 1.29 is 13.5 Å². The van der Waals surface area contributed by atoms with Crippen molar-refractivity contribution in [2.24, 2.45) is 0 Å². The van der Waals surface area contributed by atoms with Crippen LogP contribution in [-0.2, 0) is 16.6 Å². The van der Waals surface area contributed by atoms with Crippen molar-refractivity contribution in [2.45, 2.75) is 24.5 Å². The first-order chi connectivity index (χ1) is 8.96. The van der Waals surface area contributed by atoms with Crippen molar-refractivity contribution in [1.29, 1.82) is 0 Å². The van der Waals surface area contributed by atoms with Gasteiger partial charge in [0.25, 0.3) is 0 Å². The number of rotatable bonds is 5. The van der Waals surface area contributed by atoms with Crippen LogP contribution in [0.1, 0.15) is 23.5 Å². The number of sulfonamides is 1. The summed E-state index contributed by atoms with van der Waals surface area (Å²) in [5.74, 6) is 0. The first-order valence-electron chi connectivity index (χ1n) is 5.76. The highest BCUT2D eigenvalue weighted by atomic mass is 32.2. The highest BCUT2D eigenvalue weighted by molar-refractivity contribution is 7.89. The Balaban J connectivity index is 2.28. The van der Waals surface area contributed by atoms with Gasteiger partial charge in [-0.05, 0) is 24.4 Å². The Morgan fingerprint density at radius 1 is 1.53 bits per heavy atom. The molecular formula is C12H16N2O3S2. The molecule has 5 nitrogen and oxygen atoms in total. The number of nitrogens with zero attached hydrogens (tertiary/aromatic N) is 1. The molecule has 0 saturated heterocycles. The summed E-state index contributed by atoms with van der Waals surface area (Å²) in [6, 6.07) is 5.04. The van der Waals surface area contributed by atoms with Crippen LogP contribution in [0.3, 0.4) is 0 Å². The van der Waals surface area contributed by atoms with Crippen LogP contribution in [0.25, 0.3) is 0 Å². The minimum atomic E-state index is -3.56. The normalized spacial score (nSPS) is 13.9. The summed E-state index contributed by atoms with van der Waals surface area (Å²) in [5, 5.41) is 10.9. The molecule has 104 valence electrons. The van der Waals surface area contributed by atoms with Crippen molar-refractivity contribution in [3.05, 3.63) is 40.3 Å². The number of thiophene rings is 1. The molecule has 0 saturated carbocycles. The van der Waals surface area contributed by atoms with Crippen LogP contribution < -0.4 is 0 Å². The van der Waals surface area contributed by atoms with Gasteiger partial charge in [-0.15, -0.1) is 11.3 Å². The number of hydrogen-bond acceptors (Lipinski definition) is 4. The van der Waals surface area contributed by atoms with E-state index in [9.17, 15) is 8.42 Å². The second kappa shape index (κ2) is 5.46. The number of hydrogen-bond donors (Lipinski definition) is 2. The summed E-state index contributed by atoms with van der Waals surface area (Å²) in [7, 11) is -2.00. The molecule has 0 aliphatic heterocycles. The Kier molecular flexibility index (Phi) is 4.10. The maximum absolute atomic E-state index is 12.4. The largest absolute Gasteiger partial charge is 0.390 e. The number of nitrogens with one attached hydrogen (secondary N) is 1. The average Bonchev–Trinajstić information content (AvgIpc) is 3.07. The highest BCUT2D eigenvalue weighted by Crippen LogP contribution is 2.28. The molecule has 2 rings (SSSR count). The number of H-pyrrole nitrogens is 1. The predicted octanol–water partition coefficient (Wildman–Crippen LogP) is 1.95. The molecule has 0 spiro atoms. The van der Waals surface area contributed by atoms with E-state index in [4.69, 9.17) is 5.11 Å². The second-order valence-electron chi connectivity index (χ2n) is 4.23. The van der Waals surface area contributed by atoms with Gasteiger partial charge in [-0.25, -0.2) is 8.42 Å². The van der Waals surface area contributed by atoms with Crippen molar-refractivity contribution in [3.63, 3.8) is 0 Å². The lowest BCUT2D eigenvalue weighted by molar-refractivity contribution is 0.277. The smallest absolute Gasteiger partial charge is 0.244 e. The zero-order valence-corrected chi connectivity index (χ0v) is 12.3. The molecule has 2 N–H and O–H groups in total. The van der Waals surface area contributed by atoms with E-state index in [-0.39, 0.29) is 17.5 Å². The minimum absolute atomic E-state index is 0.169. The first kappa shape index (κ1) is 14.3. The van der Waals surface area contributed by atoms with Gasteiger partial charge < -0.3 is 10.1 Å². The van der Waals surface area contributed by atoms with Crippen molar-refractivity contribution in [2.75, 3.05) is 7.05 Å². The summed E-state index contributed by atoms with van der Waals surface area (Å²) in [6.07, 6.45) is 1.40. The Morgan fingerprint density at radius 3 is 2.79 bits per heavy atom. The van der Waals surface area contributed by atoms with Gasteiger partial charge >= 0.3 is 0 Å². The SMILES string of the molecule is CC(c1cccs1)N(C)S(=O)(=O)c1c[nH]c(CO)c1. The minimum Gasteiger partial charge on any atom is -0.390 e. The third-order valence-corrected chi connectivity index (χ3v) is 6.01. The van der Waals surface area contributed by atoms with E-state index in [1.54, 1.807) is 7.05 Å². The van der Waals surface area contributed by atoms with Crippen LogP contribution in [0.4, 0.5) is 0 Å². The second-order valence-corrected chi connectivity index (χ2v) is 7.21. The summed E-state index contributed by atoms with van der Waals surface area (Å²) in [6.45, 7) is 1.64. The third kappa shape index (κ3) is 2.74. The fourth-order valence-corrected chi connectivity index (χ4v) is 4.00. The molecule has 2 heterocycles. The molecule has 0 fully saturated rings. The van der Waals surface area contributed by atoms with Gasteiger partial charge in [-0.1, -0.05) is 6.07 Å². The molecule has 7 heteroatoms. The molecule has 1 atom stereocenters. The van der Waals surface area contributed by atoms with Gasteiger partial charge in [-0.2, -0.15) is 4.31 Å². The van der Waals surface area contributed by atoms with E-state index < -0.39 is 10.0 Å². The van der Waals surface area contributed by atoms with E-state index in [2.05, 4.69) is 4.98 Å². The average molecular weight is 300 g/mol. The summed E-state index contributed by atoms with van der Waals surface area (Å²) >= 11 is 1.53. The number of aliphatic hydroxyl groups is 1. The lowest BCUT2D eigenvalue weighted by Crippen LogP contribution is -2.29. The summed E-state index contributed by atoms with van der Waals surface area (Å²) in [5.41, 5.74) is 0.482. The van der Waals surface area contributed by atoms with Crippen molar-refractivity contribution in [1.82, 2.24) is 9.29 Å². The molecule has 2 aromatic heterocycles. The Bertz CT molecular complexity index is 632. The molecule has 0 radical (unpaired) electrons. The molecule has 2 aromatic rings. The Hall–Kier alpha value is -1.15. The zero-order valence-electron chi connectivity index (χ0n) is 10.7. The Morgan fingerprint density at radius 2 is 2.26 bits per heavy atom. The number of aromatic nitrogens is 1. The van der Waals surface area contributed by atoms with Crippen LogP contribution in [0.5, 0.6) is 0 Å². The van der Waals surface area contributed by atoms with Crippen molar-refractivity contribution >= 4 is 21.4 Å². The van der Waals surface area contributed by atoms with Gasteiger partial charge in [-0.3, -0.25) is 0 Å². The van der Waals surface area contributed by atoms with Crippen molar-refractivity contribution in [3.8, 4) is 0 Å². The highest BCUT2D eigenvalue weighted by Gasteiger charge is 2.27. The van der Waals surface area contributed by atoms with Gasteiger partial charge in [0.15, 0.2) is 0 Å². The van der Waals surface area contributed by atoms with Crippen LogP contribution in [0.15, 0.2) is 34.7 Å². The molecule has 0 bridgehead atoms. The van der Waals surface area contributed by atoms with Crippen LogP contribution in [0, 0.1) is 0 Å². The van der Waals surface area contributed by atoms with E-state index in [0.717, 1.165) is 4.88 Å². The van der Waals surface area contributed by atoms with Crippen LogP contribution >= 0.6 is 11.3 Å². The molecule has 0 aliphatic carbocycles. The lowest BCUT2D eigenvalue weighted by Gasteiger charge is -2.22. The number of aliphatic hydroxyl groups excluding tert-OH is 1. The maximum atomic E-state index is 12.4. The van der Waals surface area contributed by atoms with Gasteiger partial charge in [0, 0.05) is 23.8 Å². The molecular weight excluding hydrogens is 284 g/mol. The van der Waals surface area contributed by atoms with Crippen LogP contribution in [-0.4, -0.2) is 29.9 Å². The fraction of sp³-hybridized carbons (Fsp3) is 0.333. The number of aromatic amines is 1. The molecule has 0 aromatic carbocycles. The molecule has 1 unspecified atom stereocenters. The van der Waals surface area contributed by atoms with E-state index in [1.165, 1.54) is 27.9 Å². The monoisotopic (exact) mass is 300 g/mol. The maximum Gasteiger partial charge on any atom is 0.244 e. The zero-order chi connectivity index (χ0) is 14.0. The fourth-order valence-electron chi connectivity index (χ4n) is 1.74. The van der Waals surface area contributed by atoms with Crippen LogP contribution in [0.2, 0.25) is 0 Å². The van der Waals surface area contributed by atoms with Gasteiger partial charge in [0.2, 0.25) is 10.0 Å². The molecule has 0 aliphatic rings. The molecule has 19 heavy (non-hydrogen) atoms. The Labute approximate surface area is 116 Å². The van der Waals surface area contributed by atoms with Gasteiger partial charge in [0.1, 0.15) is 0 Å². The summed E-state index contributed by atoms with van der Waals surface area (Å²) < 4.78 is 26.2. The first-order valence-corrected chi connectivity index (χ1v) is 8.08. The topological polar surface area (TPSA) is 73.4 Å². The van der Waals surface area contributed by atoms with E-state index >= 15 is 0 Å². The third-order valence-electron chi connectivity index (χ3n) is 3.06. The predicted molar refractivity (Wildman–Crippen MR) is 74.4 cm³/mol. The quantitative estimate of drug-likeness (QED) is 0.886. The van der Waals surface area contributed by atoms with E-state index in [1.807, 2.05) is 24.4 Å². The standard InChI is InChI=1S/C12H16N2O3S2/c1-9(12-4-3-5-18-12)14(2)19(16,17)11-6-10(8-15)13-7-11/h3-7,9,13,15H,8H2,1-2H3. The van der Waals surface area contributed by atoms with Gasteiger partial charge in [0.05, 0.1) is 17.5 Å². The lowest BCUT2D eigenvalue weighted by atomic mass is 10.3. The van der Waals surface area contributed by atoms with E-state index in [0.29, 0.717) is 5.69 Å². The summed E-state index contributed by atoms with van der Waals surface area (Å²) in [4.78, 5) is 3.90.